The number of imide groups is 1. The van der Waals surface area contributed by atoms with Gasteiger partial charge in [-0.05, 0) is 35.9 Å². The number of urea groups is 1. The lowest BCUT2D eigenvalue weighted by Gasteiger charge is -2.45. The second-order valence-corrected chi connectivity index (χ2v) is 11.4. The number of halogens is 5. The first-order valence-electron chi connectivity index (χ1n) is 14.8. The van der Waals surface area contributed by atoms with Crippen LogP contribution in [0.25, 0.3) is 0 Å². The number of piperazine rings is 1. The summed E-state index contributed by atoms with van der Waals surface area (Å²) in [5.74, 6) is -4.29. The molecule has 2 atom stereocenters. The van der Waals surface area contributed by atoms with Crippen molar-refractivity contribution in [3.63, 3.8) is 0 Å². The molecule has 2 unspecified atom stereocenters. The molecule has 2 aliphatic heterocycles. The van der Waals surface area contributed by atoms with Crippen molar-refractivity contribution in [1.82, 2.24) is 25.0 Å². The fourth-order valence-corrected chi connectivity index (χ4v) is 5.80. The SMILES string of the molecule is NCc1cccc(C(=O)NC(COCc2ccc(F)cc2F)C(=O)N2CCN3C(=O)N(CC(F)(F)F)C(=O)C3(Cc3ccccn3)C2)c1. The molecule has 5 amide bonds. The third-order valence-electron chi connectivity index (χ3n) is 8.10. The molecule has 2 fully saturated rings. The average Bonchev–Trinajstić information content (AvgIpc) is 3.25. The van der Waals surface area contributed by atoms with Gasteiger partial charge in [0.05, 0.1) is 19.8 Å². The number of hydrogen-bond acceptors (Lipinski definition) is 7. The van der Waals surface area contributed by atoms with E-state index in [4.69, 9.17) is 10.5 Å². The maximum atomic E-state index is 14.3. The van der Waals surface area contributed by atoms with E-state index in [1.54, 1.807) is 30.3 Å². The molecule has 0 bridgehead atoms. The number of pyridine rings is 1. The molecule has 0 saturated carbocycles. The first-order chi connectivity index (χ1) is 22.8. The maximum Gasteiger partial charge on any atom is 0.406 e. The van der Waals surface area contributed by atoms with Crippen molar-refractivity contribution in [3.05, 3.63) is 101 Å². The number of aromatic nitrogens is 1. The molecule has 48 heavy (non-hydrogen) atoms. The van der Waals surface area contributed by atoms with E-state index in [1.165, 1.54) is 23.2 Å². The third kappa shape index (κ3) is 7.44. The van der Waals surface area contributed by atoms with Crippen LogP contribution in [-0.2, 0) is 33.9 Å². The number of rotatable bonds is 11. The van der Waals surface area contributed by atoms with Gasteiger partial charge in [0.1, 0.15) is 29.8 Å². The number of nitrogens with zero attached hydrogens (tertiary/aromatic N) is 4. The summed E-state index contributed by atoms with van der Waals surface area (Å²) in [6.45, 7) is -3.57. The first-order valence-corrected chi connectivity index (χ1v) is 14.8. The summed E-state index contributed by atoms with van der Waals surface area (Å²) in [6.07, 6.45) is -3.75. The van der Waals surface area contributed by atoms with Crippen molar-refractivity contribution < 1.29 is 45.9 Å². The Morgan fingerprint density at radius 1 is 1.04 bits per heavy atom. The van der Waals surface area contributed by atoms with Gasteiger partial charge in [-0.15, -0.1) is 0 Å². The molecule has 5 rings (SSSR count). The van der Waals surface area contributed by atoms with Gasteiger partial charge < -0.3 is 25.6 Å². The molecule has 2 saturated heterocycles. The minimum absolute atomic E-state index is 0.0210. The zero-order chi connectivity index (χ0) is 34.6. The number of ether oxygens (including phenoxy) is 1. The number of fused-ring (bicyclic) bond motifs is 1. The Balaban J connectivity index is 1.43. The zero-order valence-corrected chi connectivity index (χ0v) is 25.4. The summed E-state index contributed by atoms with van der Waals surface area (Å²) in [5.41, 5.74) is 4.83. The van der Waals surface area contributed by atoms with Gasteiger partial charge >= 0.3 is 12.2 Å². The highest BCUT2D eigenvalue weighted by Crippen LogP contribution is 2.36. The van der Waals surface area contributed by atoms with Gasteiger partial charge in [-0.2, -0.15) is 13.2 Å². The molecule has 0 aliphatic carbocycles. The lowest BCUT2D eigenvalue weighted by Crippen LogP contribution is -2.67. The molecule has 1 aromatic heterocycles. The highest BCUT2D eigenvalue weighted by molar-refractivity contribution is 6.08. The highest BCUT2D eigenvalue weighted by atomic mass is 19.4. The molecule has 3 heterocycles. The Morgan fingerprint density at radius 2 is 1.83 bits per heavy atom. The Kier molecular flexibility index (Phi) is 10.0. The normalized spacial score (nSPS) is 18.6. The van der Waals surface area contributed by atoms with Crippen LogP contribution in [0.3, 0.4) is 0 Å². The second kappa shape index (κ2) is 14.0. The van der Waals surface area contributed by atoms with Crippen molar-refractivity contribution in [3.8, 4) is 0 Å². The second-order valence-electron chi connectivity index (χ2n) is 11.4. The molecule has 16 heteroatoms. The van der Waals surface area contributed by atoms with Crippen LogP contribution in [0.5, 0.6) is 0 Å². The zero-order valence-electron chi connectivity index (χ0n) is 25.4. The molecule has 3 N–H and O–H groups in total. The van der Waals surface area contributed by atoms with Gasteiger partial charge in [0.2, 0.25) is 5.91 Å². The molecule has 2 aliphatic rings. The molecule has 2 aromatic carbocycles. The average molecular weight is 675 g/mol. The van der Waals surface area contributed by atoms with Crippen LogP contribution < -0.4 is 11.1 Å². The number of carbonyl (C=O) groups excluding carboxylic acids is 4. The van der Waals surface area contributed by atoms with Crippen LogP contribution in [0.4, 0.5) is 26.7 Å². The number of nitrogens with one attached hydrogen (secondary N) is 1. The minimum atomic E-state index is -4.88. The van der Waals surface area contributed by atoms with E-state index < -0.39 is 79.4 Å². The van der Waals surface area contributed by atoms with E-state index in [9.17, 15) is 41.1 Å². The predicted molar refractivity (Wildman–Crippen MR) is 159 cm³/mol. The van der Waals surface area contributed by atoms with Crippen molar-refractivity contribution >= 4 is 23.8 Å². The quantitative estimate of drug-likeness (QED) is 0.236. The summed E-state index contributed by atoms with van der Waals surface area (Å²) >= 11 is 0. The molecule has 254 valence electrons. The number of benzene rings is 2. The molecule has 3 aromatic rings. The molecule has 11 nitrogen and oxygen atoms in total. The van der Waals surface area contributed by atoms with Crippen LogP contribution in [0.15, 0.2) is 66.9 Å². The monoisotopic (exact) mass is 674 g/mol. The molecular weight excluding hydrogens is 643 g/mol. The molecule has 0 radical (unpaired) electrons. The fraction of sp³-hybridized carbons (Fsp3) is 0.344. The largest absolute Gasteiger partial charge is 0.406 e. The van der Waals surface area contributed by atoms with Gasteiger partial charge in [0.15, 0.2) is 0 Å². The predicted octanol–water partition coefficient (Wildman–Crippen LogP) is 2.78. The Hall–Kier alpha value is -4.96. The van der Waals surface area contributed by atoms with Crippen LogP contribution in [0, 0.1) is 11.6 Å². The summed E-state index contributed by atoms with van der Waals surface area (Å²) in [7, 11) is 0. The van der Waals surface area contributed by atoms with Crippen LogP contribution >= 0.6 is 0 Å². The topological polar surface area (TPSA) is 138 Å². The number of alkyl halides is 3. The Morgan fingerprint density at radius 3 is 2.52 bits per heavy atom. The highest BCUT2D eigenvalue weighted by Gasteiger charge is 2.61. The van der Waals surface area contributed by atoms with Gasteiger partial charge in [-0.25, -0.2) is 13.6 Å². The summed E-state index contributed by atoms with van der Waals surface area (Å²) in [5, 5.41) is 2.59. The number of amides is 5. The van der Waals surface area contributed by atoms with E-state index in [0.717, 1.165) is 17.0 Å². The van der Waals surface area contributed by atoms with Crippen LogP contribution in [-0.4, -0.2) is 94.0 Å². The molecular formula is C32H31F5N6O5. The van der Waals surface area contributed by atoms with E-state index in [0.29, 0.717) is 17.3 Å². The summed E-state index contributed by atoms with van der Waals surface area (Å²) in [4.78, 5) is 60.8. The van der Waals surface area contributed by atoms with Gasteiger partial charge in [0, 0.05) is 55.1 Å². The van der Waals surface area contributed by atoms with Gasteiger partial charge in [-0.1, -0.05) is 24.3 Å². The van der Waals surface area contributed by atoms with Gasteiger partial charge in [-0.3, -0.25) is 24.3 Å². The lowest BCUT2D eigenvalue weighted by atomic mass is 9.88. The summed E-state index contributed by atoms with van der Waals surface area (Å²) < 4.78 is 73.6. The van der Waals surface area contributed by atoms with Crippen molar-refractivity contribution in [2.24, 2.45) is 5.73 Å². The van der Waals surface area contributed by atoms with Crippen LogP contribution in [0.2, 0.25) is 0 Å². The van der Waals surface area contributed by atoms with E-state index >= 15 is 0 Å². The van der Waals surface area contributed by atoms with Crippen molar-refractivity contribution in [2.75, 3.05) is 32.8 Å². The minimum Gasteiger partial charge on any atom is -0.374 e. The van der Waals surface area contributed by atoms with E-state index in [1.807, 2.05) is 0 Å². The Labute approximate surface area is 271 Å². The Bertz CT molecular complexity index is 1690. The number of hydrogen-bond donors (Lipinski definition) is 2. The van der Waals surface area contributed by atoms with Crippen LogP contribution in [0.1, 0.15) is 27.2 Å². The smallest absolute Gasteiger partial charge is 0.374 e. The number of nitrogens with two attached hydrogens (primary N) is 1. The first kappa shape index (κ1) is 34.4. The van der Waals surface area contributed by atoms with E-state index in [2.05, 4.69) is 10.3 Å². The van der Waals surface area contributed by atoms with Crippen molar-refractivity contribution in [1.29, 1.82) is 0 Å². The van der Waals surface area contributed by atoms with Crippen molar-refractivity contribution in [2.45, 2.75) is 37.3 Å². The fourth-order valence-electron chi connectivity index (χ4n) is 5.80. The van der Waals surface area contributed by atoms with Gasteiger partial charge in [0.25, 0.3) is 11.8 Å². The van der Waals surface area contributed by atoms with E-state index in [-0.39, 0.29) is 42.1 Å². The number of carbonyl (C=O) groups is 4. The lowest BCUT2D eigenvalue weighted by molar-refractivity contribution is -0.157. The maximum absolute atomic E-state index is 14.3. The third-order valence-corrected chi connectivity index (χ3v) is 8.10. The standard InChI is InChI=1S/C32H31F5N6O5/c33-23-8-7-22(25(34)13-23)16-48-17-26(40-27(44)21-5-3-4-20(12-21)15-38)28(45)41-10-11-43-30(47)42(19-32(35,36)37)29(46)31(43,18-41)14-24-6-1-2-9-39-24/h1-9,12-13,26H,10-11,14-19,38H2,(H,40,44). The summed E-state index contributed by atoms with van der Waals surface area (Å²) in [6, 6.07) is 11.3. The molecule has 0 spiro atoms.